The van der Waals surface area contributed by atoms with Crippen molar-refractivity contribution in [1.82, 2.24) is 5.32 Å². The predicted octanol–water partition coefficient (Wildman–Crippen LogP) is 5.14. The normalized spacial score (nSPS) is 15.1. The van der Waals surface area contributed by atoms with Gasteiger partial charge in [0.15, 0.2) is 0 Å². The first-order valence-electron chi connectivity index (χ1n) is 9.98. The number of ether oxygens (including phenoxy) is 1. The smallest absolute Gasteiger partial charge is 0.335 e. The monoisotopic (exact) mass is 508 g/mol. The van der Waals surface area contributed by atoms with Crippen molar-refractivity contribution < 1.29 is 23.5 Å². The van der Waals surface area contributed by atoms with Crippen molar-refractivity contribution in [3.63, 3.8) is 0 Å². The Morgan fingerprint density at radius 1 is 1.03 bits per heavy atom. The number of halogens is 2. The van der Waals surface area contributed by atoms with Gasteiger partial charge in [-0.25, -0.2) is 14.1 Å². The number of imide groups is 2. The van der Waals surface area contributed by atoms with Gasteiger partial charge >= 0.3 is 6.03 Å². The maximum absolute atomic E-state index is 14.0. The number of anilines is 1. The molecule has 1 fully saturated rings. The van der Waals surface area contributed by atoms with E-state index in [0.29, 0.717) is 32.6 Å². The van der Waals surface area contributed by atoms with Gasteiger partial charge in [0.25, 0.3) is 11.8 Å². The topological polar surface area (TPSA) is 75.7 Å². The van der Waals surface area contributed by atoms with Crippen LogP contribution < -0.4 is 15.0 Å². The van der Waals surface area contributed by atoms with Crippen LogP contribution in [0.15, 0.2) is 76.8 Å². The molecule has 0 aromatic heterocycles. The van der Waals surface area contributed by atoms with E-state index in [4.69, 9.17) is 4.74 Å². The third-order valence-electron chi connectivity index (χ3n) is 5.07. The van der Waals surface area contributed by atoms with Crippen LogP contribution >= 0.6 is 15.9 Å². The second kappa shape index (κ2) is 9.38. The maximum atomic E-state index is 14.0. The SMILES string of the molecule is Cc1ccccc1N1C(=O)NC(=O)/C(=C\c2cc(Br)ccc2OCc2ccccc2F)C1=O. The molecule has 1 N–H and O–H groups in total. The lowest BCUT2D eigenvalue weighted by atomic mass is 10.0. The summed E-state index contributed by atoms with van der Waals surface area (Å²) in [5.41, 5.74) is 1.63. The summed E-state index contributed by atoms with van der Waals surface area (Å²) in [7, 11) is 0. The largest absolute Gasteiger partial charge is 0.488 e. The van der Waals surface area contributed by atoms with E-state index in [2.05, 4.69) is 21.2 Å². The van der Waals surface area contributed by atoms with Gasteiger partial charge in [-0.15, -0.1) is 0 Å². The molecule has 1 heterocycles. The molecule has 8 heteroatoms. The number of aryl methyl sites for hydroxylation is 1. The molecular weight excluding hydrogens is 491 g/mol. The van der Waals surface area contributed by atoms with Crippen molar-refractivity contribution >= 4 is 45.5 Å². The summed E-state index contributed by atoms with van der Waals surface area (Å²) in [6.45, 7) is 1.72. The average Bonchev–Trinajstić information content (AvgIpc) is 2.78. The molecule has 1 saturated heterocycles. The number of rotatable bonds is 5. The van der Waals surface area contributed by atoms with E-state index < -0.39 is 23.7 Å². The first kappa shape index (κ1) is 22.4. The third kappa shape index (κ3) is 4.70. The van der Waals surface area contributed by atoms with Gasteiger partial charge in [-0.2, -0.15) is 0 Å². The second-order valence-corrected chi connectivity index (χ2v) is 8.22. The zero-order valence-corrected chi connectivity index (χ0v) is 19.1. The van der Waals surface area contributed by atoms with Crippen molar-refractivity contribution in [2.45, 2.75) is 13.5 Å². The zero-order chi connectivity index (χ0) is 23.5. The van der Waals surface area contributed by atoms with Crippen molar-refractivity contribution in [2.24, 2.45) is 0 Å². The Kier molecular flexibility index (Phi) is 6.37. The minimum Gasteiger partial charge on any atom is -0.488 e. The Balaban J connectivity index is 1.70. The summed E-state index contributed by atoms with van der Waals surface area (Å²) < 4.78 is 20.4. The van der Waals surface area contributed by atoms with Crippen molar-refractivity contribution in [3.8, 4) is 5.75 Å². The van der Waals surface area contributed by atoms with Gasteiger partial charge in [0.05, 0.1) is 5.69 Å². The van der Waals surface area contributed by atoms with E-state index in [-0.39, 0.29) is 12.2 Å². The highest BCUT2D eigenvalue weighted by Gasteiger charge is 2.37. The molecule has 166 valence electrons. The number of carbonyl (C=O) groups excluding carboxylic acids is 3. The highest BCUT2D eigenvalue weighted by atomic mass is 79.9. The van der Waals surface area contributed by atoms with E-state index in [0.717, 1.165) is 4.90 Å². The Bertz CT molecular complexity index is 1310. The van der Waals surface area contributed by atoms with E-state index in [1.807, 2.05) is 0 Å². The van der Waals surface area contributed by atoms with Crippen LogP contribution in [-0.4, -0.2) is 17.8 Å². The highest BCUT2D eigenvalue weighted by molar-refractivity contribution is 9.10. The van der Waals surface area contributed by atoms with Crippen molar-refractivity contribution in [2.75, 3.05) is 4.90 Å². The van der Waals surface area contributed by atoms with Gasteiger partial charge in [0, 0.05) is 15.6 Å². The molecule has 1 aliphatic rings. The van der Waals surface area contributed by atoms with Gasteiger partial charge in [0.1, 0.15) is 23.7 Å². The van der Waals surface area contributed by atoms with Crippen molar-refractivity contribution in [1.29, 1.82) is 0 Å². The molecule has 6 nitrogen and oxygen atoms in total. The fraction of sp³-hybridized carbons (Fsp3) is 0.0800. The lowest BCUT2D eigenvalue weighted by Gasteiger charge is -2.27. The molecule has 4 amide bonds. The standard InChI is InChI=1S/C25H18BrFN2O4/c1-15-6-2-5-9-21(15)29-24(31)19(23(30)28-25(29)32)13-17-12-18(26)10-11-22(17)33-14-16-7-3-4-8-20(16)27/h2-13H,14H2,1H3,(H,28,30,32)/b19-13+. The lowest BCUT2D eigenvalue weighted by molar-refractivity contribution is -0.122. The molecule has 0 radical (unpaired) electrons. The number of carbonyl (C=O) groups is 3. The fourth-order valence-electron chi connectivity index (χ4n) is 3.38. The summed E-state index contributed by atoms with van der Waals surface area (Å²) in [6.07, 6.45) is 1.36. The number of urea groups is 1. The Hall–Kier alpha value is -3.78. The van der Waals surface area contributed by atoms with Gasteiger partial charge in [-0.3, -0.25) is 14.9 Å². The van der Waals surface area contributed by atoms with E-state index in [1.54, 1.807) is 67.6 Å². The highest BCUT2D eigenvalue weighted by Crippen LogP contribution is 2.29. The summed E-state index contributed by atoms with van der Waals surface area (Å²) in [6, 6.07) is 17.3. The quantitative estimate of drug-likeness (QED) is 0.382. The number of hydrogen-bond donors (Lipinski definition) is 1. The van der Waals surface area contributed by atoms with Gasteiger partial charge in [-0.05, 0) is 48.9 Å². The Morgan fingerprint density at radius 2 is 1.76 bits per heavy atom. The van der Waals surface area contributed by atoms with Gasteiger partial charge in [0.2, 0.25) is 0 Å². The molecule has 0 bridgehead atoms. The van der Waals surface area contributed by atoms with Crippen LogP contribution in [0.4, 0.5) is 14.9 Å². The summed E-state index contributed by atoms with van der Waals surface area (Å²) >= 11 is 3.37. The van der Waals surface area contributed by atoms with Crippen molar-refractivity contribution in [3.05, 3.63) is 99.3 Å². The van der Waals surface area contributed by atoms with Crippen LogP contribution in [0.25, 0.3) is 6.08 Å². The number of barbiturate groups is 1. The van der Waals surface area contributed by atoms with Gasteiger partial charge in [-0.1, -0.05) is 52.3 Å². The van der Waals surface area contributed by atoms with Gasteiger partial charge < -0.3 is 4.74 Å². The maximum Gasteiger partial charge on any atom is 0.335 e. The minimum absolute atomic E-state index is 0.0432. The minimum atomic E-state index is -0.818. The molecule has 0 atom stereocenters. The third-order valence-corrected chi connectivity index (χ3v) is 5.56. The number of benzene rings is 3. The average molecular weight is 509 g/mol. The molecular formula is C25H18BrFN2O4. The zero-order valence-electron chi connectivity index (χ0n) is 17.5. The number of para-hydroxylation sites is 1. The molecule has 4 rings (SSSR count). The van der Waals surface area contributed by atoms with E-state index >= 15 is 0 Å². The Morgan fingerprint density at radius 3 is 2.52 bits per heavy atom. The van der Waals surface area contributed by atoms with Crippen LogP contribution in [0, 0.1) is 12.7 Å². The van der Waals surface area contributed by atoms with Crippen LogP contribution in [0.3, 0.4) is 0 Å². The van der Waals surface area contributed by atoms with Crippen LogP contribution in [0.5, 0.6) is 5.75 Å². The predicted molar refractivity (Wildman–Crippen MR) is 125 cm³/mol. The van der Waals surface area contributed by atoms with E-state index in [1.165, 1.54) is 12.1 Å². The fourth-order valence-corrected chi connectivity index (χ4v) is 3.76. The summed E-state index contributed by atoms with van der Waals surface area (Å²) in [5.74, 6) is -1.62. The second-order valence-electron chi connectivity index (χ2n) is 7.31. The number of nitrogens with zero attached hydrogens (tertiary/aromatic N) is 1. The Labute approximate surface area is 197 Å². The molecule has 33 heavy (non-hydrogen) atoms. The molecule has 3 aromatic rings. The lowest BCUT2D eigenvalue weighted by Crippen LogP contribution is -2.54. The molecule has 3 aromatic carbocycles. The number of nitrogens with one attached hydrogen (secondary N) is 1. The molecule has 0 aliphatic carbocycles. The molecule has 0 saturated carbocycles. The summed E-state index contributed by atoms with van der Waals surface area (Å²) in [5, 5.41) is 2.21. The molecule has 1 aliphatic heterocycles. The van der Waals surface area contributed by atoms with Crippen LogP contribution in [-0.2, 0) is 16.2 Å². The first-order chi connectivity index (χ1) is 15.8. The van der Waals surface area contributed by atoms with E-state index in [9.17, 15) is 18.8 Å². The molecule has 0 unspecified atom stereocenters. The summed E-state index contributed by atoms with van der Waals surface area (Å²) in [4.78, 5) is 39.1. The first-order valence-corrected chi connectivity index (χ1v) is 10.8. The van der Waals surface area contributed by atoms with Crippen LogP contribution in [0.2, 0.25) is 0 Å². The number of amides is 4. The number of hydrogen-bond acceptors (Lipinski definition) is 4. The molecule has 0 spiro atoms. The van der Waals surface area contributed by atoms with Crippen LogP contribution in [0.1, 0.15) is 16.7 Å².